The lowest BCUT2D eigenvalue weighted by Crippen LogP contribution is -2.30. The van der Waals surface area contributed by atoms with Crippen molar-refractivity contribution in [2.45, 2.75) is 6.92 Å². The van der Waals surface area contributed by atoms with Crippen LogP contribution in [0.25, 0.3) is 10.9 Å². The fourth-order valence-corrected chi connectivity index (χ4v) is 1.73. The summed E-state index contributed by atoms with van der Waals surface area (Å²) in [5, 5.41) is 3.33. The Bertz CT molecular complexity index is 619. The van der Waals surface area contributed by atoms with Gasteiger partial charge >= 0.3 is 5.97 Å². The molecule has 0 bridgehead atoms. The molecule has 1 amide bonds. The first kappa shape index (κ1) is 12.9. The Balaban J connectivity index is 2.07. The summed E-state index contributed by atoms with van der Waals surface area (Å²) >= 11 is 0. The lowest BCUT2D eigenvalue weighted by molar-refractivity contribution is -0.141. The molecule has 0 aliphatic carbocycles. The fraction of sp³-hybridized carbons (Fsp3) is 0.231. The highest BCUT2D eigenvalue weighted by molar-refractivity contribution is 5.99. The van der Waals surface area contributed by atoms with Gasteiger partial charge in [0.15, 0.2) is 0 Å². The first-order chi connectivity index (χ1) is 9.10. The van der Waals surface area contributed by atoms with Crippen LogP contribution in [-0.2, 0) is 9.53 Å². The van der Waals surface area contributed by atoms with Gasteiger partial charge in [-0.2, -0.15) is 0 Å². The quantitative estimate of drug-likeness (QED) is 0.566. The summed E-state index contributed by atoms with van der Waals surface area (Å²) in [7, 11) is 0. The van der Waals surface area contributed by atoms with Gasteiger partial charge in [-0.25, -0.2) is 0 Å². The summed E-state index contributed by atoms with van der Waals surface area (Å²) in [6, 6.07) is 7.01. The molecule has 1 aromatic carbocycles. The van der Waals surface area contributed by atoms with Gasteiger partial charge in [-0.3, -0.25) is 9.59 Å². The number of carbonyl (C=O) groups is 2. The number of esters is 1. The number of benzene rings is 1. The molecule has 1 aromatic heterocycles. The highest BCUT2D eigenvalue weighted by Gasteiger charge is 2.11. The van der Waals surface area contributed by atoms with Gasteiger partial charge in [0.05, 0.1) is 6.61 Å². The largest absolute Gasteiger partial charge is 0.465 e. The number of aromatic amines is 1. The molecule has 0 unspecified atom stereocenters. The summed E-state index contributed by atoms with van der Waals surface area (Å²) in [5.74, 6) is -0.820. The molecule has 6 nitrogen and oxygen atoms in total. The third kappa shape index (κ3) is 3.04. The van der Waals surface area contributed by atoms with E-state index in [0.717, 1.165) is 10.9 Å². The molecule has 0 radical (unpaired) electrons. The van der Waals surface area contributed by atoms with Crippen LogP contribution in [0.1, 0.15) is 17.4 Å². The predicted molar refractivity (Wildman–Crippen MR) is 71.7 cm³/mol. The number of ether oxygens (including phenoxy) is 1. The molecule has 0 spiro atoms. The molecule has 6 heteroatoms. The fourth-order valence-electron chi connectivity index (χ4n) is 1.73. The van der Waals surface area contributed by atoms with E-state index in [0.29, 0.717) is 18.0 Å². The molecule has 1 heterocycles. The standard InChI is InChI=1S/C13H15N3O3/c1-2-19-12(17)7-15-13(18)11-6-8-5-9(14)3-4-10(8)16-11/h3-6,16H,2,7,14H2,1H3,(H,15,18). The molecule has 2 aromatic rings. The second-order valence-corrected chi connectivity index (χ2v) is 4.02. The summed E-state index contributed by atoms with van der Waals surface area (Å²) < 4.78 is 4.72. The van der Waals surface area contributed by atoms with Gasteiger partial charge in [-0.15, -0.1) is 0 Å². The van der Waals surface area contributed by atoms with Gasteiger partial charge in [-0.1, -0.05) is 0 Å². The van der Waals surface area contributed by atoms with Crippen LogP contribution in [0.3, 0.4) is 0 Å². The summed E-state index contributed by atoms with van der Waals surface area (Å²) in [6.07, 6.45) is 0. The van der Waals surface area contributed by atoms with Crippen LogP contribution >= 0.6 is 0 Å². The summed E-state index contributed by atoms with van der Waals surface area (Å²) in [5.41, 5.74) is 7.49. The van der Waals surface area contributed by atoms with E-state index in [1.165, 1.54) is 0 Å². The molecule has 2 rings (SSSR count). The van der Waals surface area contributed by atoms with E-state index in [4.69, 9.17) is 10.5 Å². The molecular weight excluding hydrogens is 246 g/mol. The van der Waals surface area contributed by atoms with E-state index in [2.05, 4.69) is 10.3 Å². The number of amides is 1. The number of hydrogen-bond acceptors (Lipinski definition) is 4. The predicted octanol–water partition coefficient (Wildman–Crippen LogP) is 1.04. The number of nitrogens with two attached hydrogens (primary N) is 1. The highest BCUT2D eigenvalue weighted by Crippen LogP contribution is 2.18. The highest BCUT2D eigenvalue weighted by atomic mass is 16.5. The van der Waals surface area contributed by atoms with E-state index in [-0.39, 0.29) is 12.5 Å². The maximum Gasteiger partial charge on any atom is 0.325 e. The SMILES string of the molecule is CCOC(=O)CNC(=O)c1cc2cc(N)ccc2[nH]1. The Morgan fingerprint density at radius 2 is 2.16 bits per heavy atom. The van der Waals surface area contributed by atoms with E-state index in [1.54, 1.807) is 31.2 Å². The number of H-pyrrole nitrogens is 1. The molecule has 0 aliphatic rings. The van der Waals surface area contributed by atoms with Crippen molar-refractivity contribution in [3.8, 4) is 0 Å². The molecule has 100 valence electrons. The zero-order chi connectivity index (χ0) is 13.8. The van der Waals surface area contributed by atoms with Crippen LogP contribution in [0.2, 0.25) is 0 Å². The Hall–Kier alpha value is -2.50. The van der Waals surface area contributed by atoms with Gasteiger partial charge in [-0.05, 0) is 31.2 Å². The minimum absolute atomic E-state index is 0.149. The van der Waals surface area contributed by atoms with Crippen LogP contribution in [0.4, 0.5) is 5.69 Å². The second-order valence-electron chi connectivity index (χ2n) is 4.02. The van der Waals surface area contributed by atoms with E-state index >= 15 is 0 Å². The van der Waals surface area contributed by atoms with Crippen molar-refractivity contribution in [2.24, 2.45) is 0 Å². The van der Waals surface area contributed by atoms with Gasteiger partial charge in [0, 0.05) is 16.6 Å². The monoisotopic (exact) mass is 261 g/mol. The zero-order valence-electron chi connectivity index (χ0n) is 10.5. The van der Waals surface area contributed by atoms with Crippen molar-refractivity contribution in [1.29, 1.82) is 0 Å². The smallest absolute Gasteiger partial charge is 0.325 e. The van der Waals surface area contributed by atoms with Crippen LogP contribution in [0, 0.1) is 0 Å². The minimum atomic E-state index is -0.462. The summed E-state index contributed by atoms with van der Waals surface area (Å²) in [4.78, 5) is 25.9. The van der Waals surface area contributed by atoms with Crippen LogP contribution in [0.5, 0.6) is 0 Å². The van der Waals surface area contributed by atoms with Crippen molar-refractivity contribution in [3.05, 3.63) is 30.0 Å². The first-order valence-electron chi connectivity index (χ1n) is 5.92. The first-order valence-corrected chi connectivity index (χ1v) is 5.92. The lowest BCUT2D eigenvalue weighted by atomic mass is 10.2. The molecule has 0 saturated heterocycles. The average molecular weight is 261 g/mol. The van der Waals surface area contributed by atoms with E-state index < -0.39 is 5.97 Å². The van der Waals surface area contributed by atoms with Gasteiger partial charge in [0.25, 0.3) is 5.91 Å². The van der Waals surface area contributed by atoms with Crippen LogP contribution in [-0.4, -0.2) is 30.0 Å². The topological polar surface area (TPSA) is 97.2 Å². The van der Waals surface area contributed by atoms with Crippen LogP contribution < -0.4 is 11.1 Å². The van der Waals surface area contributed by atoms with E-state index in [1.807, 2.05) is 0 Å². The number of aromatic nitrogens is 1. The molecule has 4 N–H and O–H groups in total. The van der Waals surface area contributed by atoms with Gasteiger partial charge < -0.3 is 20.8 Å². The van der Waals surface area contributed by atoms with Gasteiger partial charge in [0.1, 0.15) is 12.2 Å². The molecular formula is C13H15N3O3. The Kier molecular flexibility index (Phi) is 3.70. The maximum atomic E-state index is 11.8. The lowest BCUT2D eigenvalue weighted by Gasteiger charge is -2.03. The third-order valence-electron chi connectivity index (χ3n) is 2.59. The van der Waals surface area contributed by atoms with Crippen molar-refractivity contribution < 1.29 is 14.3 Å². The molecule has 0 atom stereocenters. The number of fused-ring (bicyclic) bond motifs is 1. The minimum Gasteiger partial charge on any atom is -0.465 e. The number of rotatable bonds is 4. The van der Waals surface area contributed by atoms with Gasteiger partial charge in [0.2, 0.25) is 0 Å². The van der Waals surface area contributed by atoms with Crippen LogP contribution in [0.15, 0.2) is 24.3 Å². The zero-order valence-corrected chi connectivity index (χ0v) is 10.5. The average Bonchev–Trinajstić information content (AvgIpc) is 2.79. The van der Waals surface area contributed by atoms with Crippen molar-refractivity contribution in [3.63, 3.8) is 0 Å². The van der Waals surface area contributed by atoms with Crippen molar-refractivity contribution in [2.75, 3.05) is 18.9 Å². The van der Waals surface area contributed by atoms with Crippen molar-refractivity contribution in [1.82, 2.24) is 10.3 Å². The molecule has 0 fully saturated rings. The molecule has 0 saturated carbocycles. The van der Waals surface area contributed by atoms with E-state index in [9.17, 15) is 9.59 Å². The molecule has 19 heavy (non-hydrogen) atoms. The second kappa shape index (κ2) is 5.43. The third-order valence-corrected chi connectivity index (χ3v) is 2.59. The Morgan fingerprint density at radius 1 is 1.37 bits per heavy atom. The maximum absolute atomic E-state index is 11.8. The summed E-state index contributed by atoms with van der Waals surface area (Å²) in [6.45, 7) is 1.85. The number of nitrogen functional groups attached to an aromatic ring is 1. The van der Waals surface area contributed by atoms with Crippen molar-refractivity contribution >= 4 is 28.5 Å². The molecule has 0 aliphatic heterocycles. The normalized spacial score (nSPS) is 10.4. The Labute approximate surface area is 109 Å². The number of carbonyl (C=O) groups excluding carboxylic acids is 2. The number of nitrogens with one attached hydrogen (secondary N) is 2. The Morgan fingerprint density at radius 3 is 2.89 bits per heavy atom. The number of anilines is 1. The number of hydrogen-bond donors (Lipinski definition) is 3.